The number of aryl methyl sites for hydroxylation is 1. The van der Waals surface area contributed by atoms with Gasteiger partial charge in [-0.05, 0) is 42.2 Å². The van der Waals surface area contributed by atoms with Crippen LogP contribution in [0.5, 0.6) is 5.75 Å². The van der Waals surface area contributed by atoms with E-state index in [1.54, 1.807) is 32.9 Å². The highest BCUT2D eigenvalue weighted by Crippen LogP contribution is 2.37. The number of hydrogen-bond donors (Lipinski definition) is 3. The largest absolute Gasteiger partial charge is 0.495 e. The van der Waals surface area contributed by atoms with Crippen molar-refractivity contribution in [2.24, 2.45) is 5.92 Å². The molecule has 1 amide bonds. The second kappa shape index (κ2) is 11.0. The number of sulfonamides is 1. The van der Waals surface area contributed by atoms with Crippen LogP contribution in [0.2, 0.25) is 0 Å². The smallest absolute Gasteiger partial charge is 0.321 e. The van der Waals surface area contributed by atoms with Crippen LogP contribution in [0.25, 0.3) is 16.5 Å². The van der Waals surface area contributed by atoms with Crippen molar-refractivity contribution in [2.75, 3.05) is 7.11 Å². The number of carboxylic acid groups (broad SMARTS) is 1. The molecule has 40 heavy (non-hydrogen) atoms. The molecule has 0 fully saturated rings. The number of rotatable bonds is 9. The number of carbonyl (C=O) groups is 2. The Bertz CT molecular complexity index is 1680. The summed E-state index contributed by atoms with van der Waals surface area (Å²) >= 11 is 0. The molecule has 1 aliphatic rings. The molecule has 0 saturated heterocycles. The van der Waals surface area contributed by atoms with Gasteiger partial charge >= 0.3 is 5.97 Å². The van der Waals surface area contributed by atoms with Crippen molar-refractivity contribution in [3.63, 3.8) is 0 Å². The van der Waals surface area contributed by atoms with Crippen LogP contribution < -0.4 is 14.8 Å². The Hall–Kier alpha value is -4.40. The molecular weight excluding hydrogens is 534 g/mol. The highest BCUT2D eigenvalue weighted by Gasteiger charge is 2.46. The standard InChI is InChI=1S/C29H29N3O7S/c1-17(2)24(28(34)35)32-40(36,37)29(14-12-20(13-15-29)19-8-6-5-7-9-19)31-27(33)25-18(3)23-22(39-25)11-10-21(16-30)26(23)38-4/h5-14,17,24,32H,15H2,1-4H3,(H,31,33)(H,34,35)/t24-,29?/m0/s1. The van der Waals surface area contributed by atoms with Crippen LogP contribution >= 0.6 is 0 Å². The van der Waals surface area contributed by atoms with E-state index >= 15 is 0 Å². The number of nitriles is 1. The van der Waals surface area contributed by atoms with Crippen molar-refractivity contribution in [3.05, 3.63) is 83.1 Å². The van der Waals surface area contributed by atoms with E-state index in [2.05, 4.69) is 10.0 Å². The van der Waals surface area contributed by atoms with Gasteiger partial charge in [0, 0.05) is 12.0 Å². The van der Waals surface area contributed by atoms with Gasteiger partial charge in [-0.15, -0.1) is 0 Å². The number of aliphatic carboxylic acids is 1. The third-order valence-electron chi connectivity index (χ3n) is 6.86. The highest BCUT2D eigenvalue weighted by atomic mass is 32.2. The fraction of sp³-hybridized carbons (Fsp3) is 0.276. The number of carbonyl (C=O) groups excluding carboxylic acids is 1. The third-order valence-corrected chi connectivity index (χ3v) is 8.79. The summed E-state index contributed by atoms with van der Waals surface area (Å²) in [6.07, 6.45) is 4.42. The Balaban J connectivity index is 1.78. The van der Waals surface area contributed by atoms with Crippen molar-refractivity contribution in [3.8, 4) is 11.8 Å². The summed E-state index contributed by atoms with van der Waals surface area (Å²) in [5, 5.41) is 22.1. The number of furan rings is 1. The van der Waals surface area contributed by atoms with Gasteiger partial charge in [0.05, 0.1) is 18.1 Å². The highest BCUT2D eigenvalue weighted by molar-refractivity contribution is 7.91. The predicted octanol–water partition coefficient (Wildman–Crippen LogP) is 4.12. The van der Waals surface area contributed by atoms with E-state index < -0.39 is 38.7 Å². The van der Waals surface area contributed by atoms with Gasteiger partial charge < -0.3 is 19.6 Å². The zero-order chi connectivity index (χ0) is 29.2. The number of carboxylic acids is 1. The minimum absolute atomic E-state index is 0.164. The molecule has 2 atom stereocenters. The molecule has 1 aliphatic carbocycles. The van der Waals surface area contributed by atoms with Gasteiger partial charge in [0.1, 0.15) is 23.4 Å². The number of allylic oxidation sites excluding steroid dienone is 2. The van der Waals surface area contributed by atoms with Crippen LogP contribution in [0, 0.1) is 24.2 Å². The minimum atomic E-state index is -4.51. The first-order valence-corrected chi connectivity index (χ1v) is 13.9. The summed E-state index contributed by atoms with van der Waals surface area (Å²) in [5.41, 5.74) is 2.48. The van der Waals surface area contributed by atoms with Gasteiger partial charge in [-0.25, -0.2) is 8.42 Å². The van der Waals surface area contributed by atoms with Gasteiger partial charge in [0.25, 0.3) is 5.91 Å². The van der Waals surface area contributed by atoms with Crippen LogP contribution in [-0.4, -0.2) is 43.4 Å². The van der Waals surface area contributed by atoms with Crippen LogP contribution in [-0.2, 0) is 14.8 Å². The first-order valence-electron chi connectivity index (χ1n) is 12.5. The maximum atomic E-state index is 13.8. The summed E-state index contributed by atoms with van der Waals surface area (Å²) in [6.45, 7) is 4.77. The lowest BCUT2D eigenvalue weighted by Gasteiger charge is -2.34. The summed E-state index contributed by atoms with van der Waals surface area (Å²) in [5.74, 6) is -2.67. The molecular formula is C29H29N3O7S. The fourth-order valence-corrected chi connectivity index (χ4v) is 6.33. The van der Waals surface area contributed by atoms with E-state index in [-0.39, 0.29) is 29.1 Å². The number of nitrogens with zero attached hydrogens (tertiary/aromatic N) is 1. The van der Waals surface area contributed by atoms with Gasteiger partial charge in [-0.1, -0.05) is 56.3 Å². The van der Waals surface area contributed by atoms with E-state index in [4.69, 9.17) is 9.15 Å². The molecule has 11 heteroatoms. The molecule has 10 nitrogen and oxygen atoms in total. The van der Waals surface area contributed by atoms with E-state index in [1.807, 2.05) is 36.4 Å². The summed E-state index contributed by atoms with van der Waals surface area (Å²) in [6, 6.07) is 12.9. The zero-order valence-electron chi connectivity index (χ0n) is 22.4. The normalized spacial score (nSPS) is 17.8. The second-order valence-electron chi connectivity index (χ2n) is 9.78. The number of methoxy groups -OCH3 is 1. The van der Waals surface area contributed by atoms with E-state index in [0.29, 0.717) is 10.9 Å². The van der Waals surface area contributed by atoms with E-state index in [9.17, 15) is 28.4 Å². The molecule has 0 radical (unpaired) electrons. The monoisotopic (exact) mass is 563 g/mol. The van der Waals surface area contributed by atoms with Crippen LogP contribution in [0.3, 0.4) is 0 Å². The molecule has 0 bridgehead atoms. The average molecular weight is 564 g/mol. The zero-order valence-corrected chi connectivity index (χ0v) is 23.2. The molecule has 0 saturated carbocycles. The van der Waals surface area contributed by atoms with Crippen LogP contribution in [0.4, 0.5) is 0 Å². The lowest BCUT2D eigenvalue weighted by molar-refractivity contribution is -0.140. The molecule has 2 aromatic carbocycles. The van der Waals surface area contributed by atoms with Crippen LogP contribution in [0.1, 0.15) is 47.5 Å². The molecule has 4 rings (SSSR count). The Morgan fingerprint density at radius 3 is 2.42 bits per heavy atom. The van der Waals surface area contributed by atoms with E-state index in [0.717, 1.165) is 11.1 Å². The lowest BCUT2D eigenvalue weighted by Crippen LogP contribution is -2.60. The SMILES string of the molecule is COc1c(C#N)ccc2oc(C(=O)NC3(S(=O)(=O)N[C@H](C(=O)O)C(C)C)C=CC(c4ccccc4)=CC3)c(C)c12. The summed E-state index contributed by atoms with van der Waals surface area (Å²) < 4.78 is 41.1. The Labute approximate surface area is 232 Å². The number of ether oxygens (including phenoxy) is 1. The van der Waals surface area contributed by atoms with Crippen LogP contribution in [0.15, 0.2) is 65.1 Å². The maximum Gasteiger partial charge on any atom is 0.321 e. The topological polar surface area (TPSA) is 159 Å². The third kappa shape index (κ3) is 5.11. The quantitative estimate of drug-likeness (QED) is 0.351. The first-order chi connectivity index (χ1) is 18.9. The van der Waals surface area contributed by atoms with Crippen molar-refractivity contribution in [1.82, 2.24) is 10.0 Å². The number of hydrogen-bond acceptors (Lipinski definition) is 7. The molecule has 3 aromatic rings. The van der Waals surface area contributed by atoms with E-state index in [1.165, 1.54) is 25.3 Å². The lowest BCUT2D eigenvalue weighted by atomic mass is 9.96. The molecule has 0 spiro atoms. The number of amides is 1. The maximum absolute atomic E-state index is 13.8. The Morgan fingerprint density at radius 2 is 1.88 bits per heavy atom. The van der Waals surface area contributed by atoms with Crippen molar-refractivity contribution >= 4 is 38.4 Å². The summed E-state index contributed by atoms with van der Waals surface area (Å²) in [4.78, 5) is 23.5. The van der Waals surface area contributed by atoms with Gasteiger partial charge in [0.15, 0.2) is 10.6 Å². The first kappa shape index (κ1) is 28.6. The molecule has 208 valence electrons. The number of nitrogens with one attached hydrogen (secondary N) is 2. The summed E-state index contributed by atoms with van der Waals surface area (Å²) in [7, 11) is -3.12. The Kier molecular flexibility index (Phi) is 7.86. The molecule has 1 aromatic heterocycles. The van der Waals surface area contributed by atoms with Crippen molar-refractivity contribution < 1.29 is 32.3 Å². The second-order valence-corrected chi connectivity index (χ2v) is 11.7. The molecule has 3 N–H and O–H groups in total. The molecule has 1 heterocycles. The molecule has 1 unspecified atom stereocenters. The van der Waals surface area contributed by atoms with Crippen molar-refractivity contribution in [2.45, 2.75) is 38.1 Å². The number of fused-ring (bicyclic) bond motifs is 1. The molecule has 0 aliphatic heterocycles. The van der Waals surface area contributed by atoms with Gasteiger partial charge in [-0.2, -0.15) is 9.98 Å². The fourth-order valence-electron chi connectivity index (χ4n) is 4.64. The van der Waals surface area contributed by atoms with Gasteiger partial charge in [-0.3, -0.25) is 9.59 Å². The van der Waals surface area contributed by atoms with Gasteiger partial charge in [0.2, 0.25) is 10.0 Å². The Morgan fingerprint density at radius 1 is 1.18 bits per heavy atom. The number of benzene rings is 2. The predicted molar refractivity (Wildman–Crippen MR) is 149 cm³/mol. The minimum Gasteiger partial charge on any atom is -0.495 e. The average Bonchev–Trinajstić information content (AvgIpc) is 3.28. The van der Waals surface area contributed by atoms with Crippen molar-refractivity contribution in [1.29, 1.82) is 5.26 Å².